The maximum atomic E-state index is 12.2. The normalized spacial score (nSPS) is 11.9. The number of rotatable bonds is 11. The number of sulfonamides is 1. The molecule has 0 aliphatic rings. The third kappa shape index (κ3) is 8.50. The first-order valence-electron chi connectivity index (χ1n) is 9.34. The third-order valence-electron chi connectivity index (χ3n) is 3.88. The summed E-state index contributed by atoms with van der Waals surface area (Å²) in [4.78, 5) is 26.4. The number of hydrazine groups is 1. The fourth-order valence-corrected chi connectivity index (χ4v) is 3.30. The Hall–Kier alpha value is -3.11. The molecule has 9 nitrogen and oxygen atoms in total. The molecule has 2 aromatic rings. The topological polar surface area (TPSA) is 123 Å². The molecule has 30 heavy (non-hydrogen) atoms. The van der Waals surface area contributed by atoms with Gasteiger partial charge in [-0.15, -0.1) is 4.83 Å². The van der Waals surface area contributed by atoms with E-state index in [1.807, 2.05) is 6.07 Å². The summed E-state index contributed by atoms with van der Waals surface area (Å²) in [6.45, 7) is 1.73. The highest BCUT2D eigenvalue weighted by Crippen LogP contribution is 2.06. The van der Waals surface area contributed by atoms with Crippen LogP contribution in [0.25, 0.3) is 0 Å². The van der Waals surface area contributed by atoms with Crippen LogP contribution in [0.2, 0.25) is 0 Å². The van der Waals surface area contributed by atoms with E-state index in [0.29, 0.717) is 5.69 Å². The molecule has 2 rings (SSSR count). The van der Waals surface area contributed by atoms with Crippen LogP contribution >= 0.6 is 0 Å². The lowest BCUT2D eigenvalue weighted by molar-refractivity contribution is -0.145. The number of anilines is 1. The van der Waals surface area contributed by atoms with Crippen molar-refractivity contribution in [3.8, 4) is 0 Å². The molecule has 2 aromatic carbocycles. The van der Waals surface area contributed by atoms with Crippen LogP contribution in [0.3, 0.4) is 0 Å². The Morgan fingerprint density at radius 2 is 1.60 bits per heavy atom. The van der Waals surface area contributed by atoms with Crippen molar-refractivity contribution in [1.29, 1.82) is 0 Å². The SMILES string of the molecule is CCOC(=O)[C@H](CCS(=O)(=O)NNc1ccccc1)NC(=O)OCc1ccccc1. The fourth-order valence-electron chi connectivity index (χ4n) is 2.38. The monoisotopic (exact) mass is 435 g/mol. The van der Waals surface area contributed by atoms with E-state index < -0.39 is 33.9 Å². The number of para-hydroxylation sites is 1. The van der Waals surface area contributed by atoms with Gasteiger partial charge < -0.3 is 20.2 Å². The number of amides is 1. The lowest BCUT2D eigenvalue weighted by Gasteiger charge is -2.17. The van der Waals surface area contributed by atoms with Gasteiger partial charge in [0.05, 0.1) is 12.4 Å². The van der Waals surface area contributed by atoms with Crippen molar-refractivity contribution in [1.82, 2.24) is 10.1 Å². The summed E-state index contributed by atoms with van der Waals surface area (Å²) in [5.41, 5.74) is 3.91. The number of carbonyl (C=O) groups excluding carboxylic acids is 2. The molecule has 0 aliphatic heterocycles. The lowest BCUT2D eigenvalue weighted by atomic mass is 10.2. The van der Waals surface area contributed by atoms with Crippen LogP contribution in [0.4, 0.5) is 10.5 Å². The highest BCUT2D eigenvalue weighted by molar-refractivity contribution is 7.89. The zero-order valence-corrected chi connectivity index (χ0v) is 17.4. The van der Waals surface area contributed by atoms with Crippen LogP contribution in [0.1, 0.15) is 18.9 Å². The Morgan fingerprint density at radius 3 is 2.23 bits per heavy atom. The van der Waals surface area contributed by atoms with Gasteiger partial charge in [-0.2, -0.15) is 0 Å². The van der Waals surface area contributed by atoms with Crippen LogP contribution < -0.4 is 15.6 Å². The summed E-state index contributed by atoms with van der Waals surface area (Å²) < 4.78 is 34.4. The van der Waals surface area contributed by atoms with Gasteiger partial charge in [-0.1, -0.05) is 48.5 Å². The smallest absolute Gasteiger partial charge is 0.408 e. The summed E-state index contributed by atoms with van der Waals surface area (Å²) in [5, 5.41) is 2.37. The first kappa shape index (κ1) is 23.2. The van der Waals surface area contributed by atoms with E-state index in [1.54, 1.807) is 61.5 Å². The second kappa shape index (κ2) is 11.8. The minimum atomic E-state index is -3.78. The molecule has 0 saturated heterocycles. The zero-order chi connectivity index (χ0) is 21.8. The van der Waals surface area contributed by atoms with Crippen molar-refractivity contribution in [3.05, 3.63) is 66.2 Å². The molecule has 0 fully saturated rings. The highest BCUT2D eigenvalue weighted by Gasteiger charge is 2.25. The summed E-state index contributed by atoms with van der Waals surface area (Å²) in [5.74, 6) is -1.16. The Kier molecular flexibility index (Phi) is 9.10. The minimum absolute atomic E-state index is 0.0169. The number of ether oxygens (including phenoxy) is 2. The van der Waals surface area contributed by atoms with E-state index in [4.69, 9.17) is 9.47 Å². The van der Waals surface area contributed by atoms with Crippen molar-refractivity contribution in [3.63, 3.8) is 0 Å². The molecule has 0 saturated carbocycles. The van der Waals surface area contributed by atoms with Gasteiger partial charge in [-0.3, -0.25) is 0 Å². The van der Waals surface area contributed by atoms with Crippen molar-refractivity contribution in [2.24, 2.45) is 0 Å². The van der Waals surface area contributed by atoms with Gasteiger partial charge in [0.15, 0.2) is 0 Å². The Labute approximate surface area is 175 Å². The molecule has 0 spiro atoms. The van der Waals surface area contributed by atoms with Crippen LogP contribution in [-0.2, 0) is 30.9 Å². The number of nitrogens with one attached hydrogen (secondary N) is 3. The van der Waals surface area contributed by atoms with Crippen molar-refractivity contribution in [2.45, 2.75) is 26.0 Å². The molecule has 1 atom stereocenters. The molecule has 0 aliphatic carbocycles. The van der Waals surface area contributed by atoms with Gasteiger partial charge in [0.2, 0.25) is 10.0 Å². The maximum absolute atomic E-state index is 12.2. The van der Waals surface area contributed by atoms with Crippen molar-refractivity contribution >= 4 is 27.8 Å². The predicted octanol–water partition coefficient (Wildman–Crippen LogP) is 2.18. The average Bonchev–Trinajstić information content (AvgIpc) is 2.75. The molecule has 0 unspecified atom stereocenters. The molecule has 0 bridgehead atoms. The molecule has 3 N–H and O–H groups in total. The summed E-state index contributed by atoms with van der Waals surface area (Å²) in [6, 6.07) is 16.5. The van der Waals surface area contributed by atoms with E-state index in [2.05, 4.69) is 15.6 Å². The first-order valence-corrected chi connectivity index (χ1v) is 11.0. The largest absolute Gasteiger partial charge is 0.464 e. The molecule has 162 valence electrons. The van der Waals surface area contributed by atoms with E-state index in [-0.39, 0.29) is 19.6 Å². The average molecular weight is 436 g/mol. The van der Waals surface area contributed by atoms with E-state index >= 15 is 0 Å². The number of alkyl carbamates (subject to hydrolysis) is 1. The van der Waals surface area contributed by atoms with Gasteiger partial charge in [-0.25, -0.2) is 18.0 Å². The number of benzene rings is 2. The molecular formula is C20H25N3O6S. The van der Waals surface area contributed by atoms with Gasteiger partial charge in [0.25, 0.3) is 0 Å². The standard InChI is InChI=1S/C20H25N3O6S/c1-2-28-19(24)18(21-20(25)29-15-16-9-5-3-6-10-16)13-14-30(26,27)23-22-17-11-7-4-8-12-17/h3-12,18,22-23H,2,13-15H2,1H3,(H,21,25)/t18-/m0/s1. The van der Waals surface area contributed by atoms with Gasteiger partial charge in [-0.05, 0) is 31.0 Å². The lowest BCUT2D eigenvalue weighted by Crippen LogP contribution is -2.44. The summed E-state index contributed by atoms with van der Waals surface area (Å²) in [6.07, 6.45) is -1.03. The van der Waals surface area contributed by atoms with Crippen LogP contribution in [-0.4, -0.2) is 38.9 Å². The number of esters is 1. The van der Waals surface area contributed by atoms with Gasteiger partial charge in [0, 0.05) is 5.69 Å². The van der Waals surface area contributed by atoms with Gasteiger partial charge in [0.1, 0.15) is 12.6 Å². The Balaban J connectivity index is 1.88. The van der Waals surface area contributed by atoms with Crippen molar-refractivity contribution < 1.29 is 27.5 Å². The Bertz CT molecular complexity index is 907. The summed E-state index contributed by atoms with van der Waals surface area (Å²) in [7, 11) is -3.78. The Morgan fingerprint density at radius 1 is 0.967 bits per heavy atom. The van der Waals surface area contributed by atoms with Crippen molar-refractivity contribution in [2.75, 3.05) is 17.8 Å². The maximum Gasteiger partial charge on any atom is 0.408 e. The number of carbonyl (C=O) groups is 2. The zero-order valence-electron chi connectivity index (χ0n) is 16.5. The van der Waals surface area contributed by atoms with Crippen LogP contribution in [0.5, 0.6) is 0 Å². The number of hydrogen-bond donors (Lipinski definition) is 3. The second-order valence-corrected chi connectivity index (χ2v) is 8.05. The fraction of sp³-hybridized carbons (Fsp3) is 0.300. The van der Waals surface area contributed by atoms with Crippen LogP contribution in [0, 0.1) is 0 Å². The molecule has 0 radical (unpaired) electrons. The molecule has 0 aromatic heterocycles. The van der Waals surface area contributed by atoms with Crippen LogP contribution in [0.15, 0.2) is 60.7 Å². The van der Waals surface area contributed by atoms with E-state index in [9.17, 15) is 18.0 Å². The number of hydrogen-bond acceptors (Lipinski definition) is 7. The van der Waals surface area contributed by atoms with E-state index in [0.717, 1.165) is 5.56 Å². The minimum Gasteiger partial charge on any atom is -0.464 e. The highest BCUT2D eigenvalue weighted by atomic mass is 32.2. The quantitative estimate of drug-likeness (QED) is 0.365. The predicted molar refractivity (Wildman–Crippen MR) is 112 cm³/mol. The van der Waals surface area contributed by atoms with E-state index in [1.165, 1.54) is 0 Å². The molecular weight excluding hydrogens is 410 g/mol. The second-order valence-electron chi connectivity index (χ2n) is 6.21. The third-order valence-corrected chi connectivity index (χ3v) is 5.06. The molecule has 1 amide bonds. The molecule has 0 heterocycles. The first-order chi connectivity index (χ1) is 14.4. The van der Waals surface area contributed by atoms with Gasteiger partial charge >= 0.3 is 12.1 Å². The summed E-state index contributed by atoms with van der Waals surface area (Å²) >= 11 is 0. The molecule has 10 heteroatoms.